The lowest BCUT2D eigenvalue weighted by Crippen LogP contribution is -1.97. The quantitative estimate of drug-likeness (QED) is 0.578. The molecule has 4 heteroatoms. The predicted molar refractivity (Wildman–Crippen MR) is 93.3 cm³/mol. The highest BCUT2D eigenvalue weighted by Gasteiger charge is 2.27. The molecular formula is C20H13ClO3. The number of Topliss-reactive ketones (excluding diaryl/α,β-unsaturated/α-hetero) is 1. The molecule has 0 aliphatic carbocycles. The number of rotatable bonds is 2. The Labute approximate surface area is 144 Å². The number of hydrogen-bond acceptors (Lipinski definition) is 3. The zero-order valence-electron chi connectivity index (χ0n) is 12.9. The molecule has 2 heterocycles. The minimum Gasteiger partial charge on any atom is -0.457 e. The number of carbonyl (C=O) groups is 1. The van der Waals surface area contributed by atoms with Crippen LogP contribution >= 0.6 is 11.6 Å². The van der Waals surface area contributed by atoms with Crippen molar-refractivity contribution in [1.29, 1.82) is 0 Å². The van der Waals surface area contributed by atoms with Crippen LogP contribution in [-0.4, -0.2) is 5.78 Å². The van der Waals surface area contributed by atoms with Crippen LogP contribution in [0.3, 0.4) is 0 Å². The van der Waals surface area contributed by atoms with Gasteiger partial charge in [0.2, 0.25) is 5.78 Å². The smallest absolute Gasteiger partial charge is 0.232 e. The Morgan fingerprint density at radius 2 is 1.92 bits per heavy atom. The largest absolute Gasteiger partial charge is 0.457 e. The van der Waals surface area contributed by atoms with Crippen LogP contribution in [0, 0.1) is 6.92 Å². The van der Waals surface area contributed by atoms with Crippen LogP contribution in [0.15, 0.2) is 64.8 Å². The van der Waals surface area contributed by atoms with Gasteiger partial charge in [-0.1, -0.05) is 35.4 Å². The van der Waals surface area contributed by atoms with E-state index >= 15 is 0 Å². The first kappa shape index (κ1) is 14.8. The second-order valence-corrected chi connectivity index (χ2v) is 6.09. The molecule has 4 rings (SSSR count). The Balaban J connectivity index is 1.65. The Morgan fingerprint density at radius 1 is 1.04 bits per heavy atom. The molecule has 0 unspecified atom stereocenters. The molecule has 0 radical (unpaired) electrons. The van der Waals surface area contributed by atoms with Crippen LogP contribution in [-0.2, 0) is 0 Å². The summed E-state index contributed by atoms with van der Waals surface area (Å²) >= 11 is 6.00. The Morgan fingerprint density at radius 3 is 2.75 bits per heavy atom. The van der Waals surface area contributed by atoms with Gasteiger partial charge in [-0.25, -0.2) is 0 Å². The van der Waals surface area contributed by atoms with Gasteiger partial charge in [0.1, 0.15) is 17.3 Å². The number of halogens is 1. The number of ketones is 1. The summed E-state index contributed by atoms with van der Waals surface area (Å²) in [5, 5.41) is 0.643. The van der Waals surface area contributed by atoms with E-state index in [1.807, 2.05) is 49.4 Å². The first-order valence-electron chi connectivity index (χ1n) is 7.51. The van der Waals surface area contributed by atoms with Gasteiger partial charge in [0.05, 0.1) is 5.56 Å². The SMILES string of the molecule is Cc1ccc2c(c1)C(=O)/C(=C/c1ccc(-c3cccc(Cl)c3)o1)O2. The van der Waals surface area contributed by atoms with Gasteiger partial charge >= 0.3 is 0 Å². The van der Waals surface area contributed by atoms with Crippen molar-refractivity contribution in [3.63, 3.8) is 0 Å². The van der Waals surface area contributed by atoms with Crippen molar-refractivity contribution in [3.8, 4) is 17.1 Å². The maximum atomic E-state index is 12.4. The molecule has 2 aromatic carbocycles. The lowest BCUT2D eigenvalue weighted by Gasteiger charge is -1.98. The molecule has 1 aliphatic rings. The van der Waals surface area contributed by atoms with Crippen LogP contribution in [0.25, 0.3) is 17.4 Å². The van der Waals surface area contributed by atoms with E-state index in [1.165, 1.54) is 0 Å². The molecule has 0 N–H and O–H groups in total. The summed E-state index contributed by atoms with van der Waals surface area (Å²) in [6.07, 6.45) is 1.62. The summed E-state index contributed by atoms with van der Waals surface area (Å²) in [7, 11) is 0. The first-order valence-corrected chi connectivity index (χ1v) is 7.89. The molecule has 0 saturated heterocycles. The van der Waals surface area contributed by atoms with Gasteiger partial charge in [0.15, 0.2) is 5.76 Å². The highest BCUT2D eigenvalue weighted by atomic mass is 35.5. The molecule has 0 saturated carbocycles. The van der Waals surface area contributed by atoms with Gasteiger partial charge in [-0.15, -0.1) is 0 Å². The number of ether oxygens (including phenoxy) is 1. The second-order valence-electron chi connectivity index (χ2n) is 5.65. The highest BCUT2D eigenvalue weighted by Crippen LogP contribution is 2.33. The minimum atomic E-state index is -0.130. The average Bonchev–Trinajstić information content (AvgIpc) is 3.14. The van der Waals surface area contributed by atoms with Crippen molar-refractivity contribution in [2.24, 2.45) is 0 Å². The summed E-state index contributed by atoms with van der Waals surface area (Å²) in [4.78, 5) is 12.4. The van der Waals surface area contributed by atoms with E-state index in [-0.39, 0.29) is 11.5 Å². The molecule has 3 aromatic rings. The lowest BCUT2D eigenvalue weighted by atomic mass is 10.1. The number of hydrogen-bond donors (Lipinski definition) is 0. The average molecular weight is 337 g/mol. The monoisotopic (exact) mass is 336 g/mol. The highest BCUT2D eigenvalue weighted by molar-refractivity contribution is 6.30. The summed E-state index contributed by atoms with van der Waals surface area (Å²) in [6, 6.07) is 16.6. The Hall–Kier alpha value is -2.78. The number of allylic oxidation sites excluding steroid dienone is 1. The number of fused-ring (bicyclic) bond motifs is 1. The number of benzene rings is 2. The van der Waals surface area contributed by atoms with E-state index in [2.05, 4.69) is 0 Å². The van der Waals surface area contributed by atoms with Crippen LogP contribution in [0.5, 0.6) is 5.75 Å². The maximum absolute atomic E-state index is 12.4. The summed E-state index contributed by atoms with van der Waals surface area (Å²) in [5.74, 6) is 1.96. The topological polar surface area (TPSA) is 39.4 Å². The van der Waals surface area contributed by atoms with E-state index in [9.17, 15) is 4.79 Å². The third kappa shape index (κ3) is 2.63. The molecule has 0 fully saturated rings. The second kappa shape index (κ2) is 5.69. The van der Waals surface area contributed by atoms with Gasteiger partial charge < -0.3 is 9.15 Å². The number of carbonyl (C=O) groups excluding carboxylic acids is 1. The zero-order valence-corrected chi connectivity index (χ0v) is 13.6. The fraction of sp³-hybridized carbons (Fsp3) is 0.0500. The van der Waals surface area contributed by atoms with Crippen LogP contribution in [0.2, 0.25) is 5.02 Å². The predicted octanol–water partition coefficient (Wildman–Crippen LogP) is 5.52. The van der Waals surface area contributed by atoms with Gasteiger partial charge in [-0.05, 0) is 43.3 Å². The molecule has 0 amide bonds. The van der Waals surface area contributed by atoms with E-state index in [0.29, 0.717) is 27.9 Å². The molecule has 1 aromatic heterocycles. The van der Waals surface area contributed by atoms with Crippen molar-refractivity contribution in [2.45, 2.75) is 6.92 Å². The number of furan rings is 1. The molecule has 24 heavy (non-hydrogen) atoms. The van der Waals surface area contributed by atoms with Gasteiger partial charge in [0.25, 0.3) is 0 Å². The standard InChI is InChI=1S/C20H13ClO3/c1-12-5-7-18-16(9-12)20(22)19(24-18)11-15-6-8-17(23-15)13-3-2-4-14(21)10-13/h2-11H,1H3/b19-11-. The molecule has 118 valence electrons. The maximum Gasteiger partial charge on any atom is 0.232 e. The third-order valence-electron chi connectivity index (χ3n) is 3.83. The minimum absolute atomic E-state index is 0.130. The van der Waals surface area contributed by atoms with Crippen LogP contribution < -0.4 is 4.74 Å². The van der Waals surface area contributed by atoms with Crippen LogP contribution in [0.1, 0.15) is 21.7 Å². The van der Waals surface area contributed by atoms with Gasteiger partial charge in [-0.3, -0.25) is 4.79 Å². The molecule has 0 bridgehead atoms. The van der Waals surface area contributed by atoms with E-state index in [1.54, 1.807) is 18.2 Å². The fourth-order valence-electron chi connectivity index (χ4n) is 2.66. The molecule has 0 spiro atoms. The number of aryl methyl sites for hydroxylation is 1. The summed E-state index contributed by atoms with van der Waals surface area (Å²) < 4.78 is 11.4. The van der Waals surface area contributed by atoms with Crippen LogP contribution in [0.4, 0.5) is 0 Å². The van der Waals surface area contributed by atoms with Crippen molar-refractivity contribution < 1.29 is 13.9 Å². The summed E-state index contributed by atoms with van der Waals surface area (Å²) in [6.45, 7) is 1.94. The van der Waals surface area contributed by atoms with E-state index in [0.717, 1.165) is 11.1 Å². The third-order valence-corrected chi connectivity index (χ3v) is 4.07. The van der Waals surface area contributed by atoms with Crippen molar-refractivity contribution in [2.75, 3.05) is 0 Å². The van der Waals surface area contributed by atoms with E-state index in [4.69, 9.17) is 20.8 Å². The molecule has 0 atom stereocenters. The van der Waals surface area contributed by atoms with Gasteiger partial charge in [0, 0.05) is 16.7 Å². The Kier molecular flexibility index (Phi) is 3.51. The van der Waals surface area contributed by atoms with Crippen molar-refractivity contribution in [1.82, 2.24) is 0 Å². The lowest BCUT2D eigenvalue weighted by molar-refractivity contribution is 0.101. The summed E-state index contributed by atoms with van der Waals surface area (Å²) in [5.41, 5.74) is 2.49. The van der Waals surface area contributed by atoms with Gasteiger partial charge in [-0.2, -0.15) is 0 Å². The molecular weight excluding hydrogens is 324 g/mol. The zero-order chi connectivity index (χ0) is 16.7. The van der Waals surface area contributed by atoms with E-state index < -0.39 is 0 Å². The first-order chi connectivity index (χ1) is 11.6. The molecule has 1 aliphatic heterocycles. The Bertz CT molecular complexity index is 982. The molecule has 3 nitrogen and oxygen atoms in total. The fourth-order valence-corrected chi connectivity index (χ4v) is 2.85. The van der Waals surface area contributed by atoms with Crippen molar-refractivity contribution >= 4 is 23.5 Å². The normalized spacial score (nSPS) is 14.8. The van der Waals surface area contributed by atoms with Crippen molar-refractivity contribution in [3.05, 3.63) is 82.3 Å².